The molecule has 2 amide bonds. The number of hydrogen-bond acceptors (Lipinski definition) is 3. The molecule has 102 valence electrons. The minimum absolute atomic E-state index is 0.536. The van der Waals surface area contributed by atoms with Gasteiger partial charge in [-0.05, 0) is 29.0 Å². The average molecular weight is 334 g/mol. The largest absolute Gasteiger partial charge is 0.492 e. The Kier molecular flexibility index (Phi) is 3.31. The Bertz CT molecular complexity index is 728. The van der Waals surface area contributed by atoms with Crippen molar-refractivity contribution in [3.05, 3.63) is 40.4 Å². The first-order valence-corrected chi connectivity index (χ1v) is 6.92. The highest BCUT2D eigenvalue weighted by Gasteiger charge is 2.20. The highest BCUT2D eigenvalue weighted by atomic mass is 79.9. The zero-order chi connectivity index (χ0) is 14.1. The Hall–Kier alpha value is -2.08. The fourth-order valence-corrected chi connectivity index (χ4v) is 2.69. The molecule has 0 spiro atoms. The van der Waals surface area contributed by atoms with Gasteiger partial charge in [0, 0.05) is 16.5 Å². The monoisotopic (exact) mass is 333 g/mol. The number of hydrogen-bond donors (Lipinski definition) is 2. The molecule has 20 heavy (non-hydrogen) atoms. The standard InChI is InChI=1S/C14H12BrN3O2/c15-9-2-3-10-8(7-9)1-4-12-13(10)11(5-6-20-12)17-18-14(16)19/h1-4,7H,5-6H2,(H3,16,18,19)/b17-11+. The molecule has 3 rings (SSSR count). The van der Waals surface area contributed by atoms with Crippen LogP contribution in [0.15, 0.2) is 39.9 Å². The Morgan fingerprint density at radius 1 is 1.35 bits per heavy atom. The highest BCUT2D eigenvalue weighted by molar-refractivity contribution is 9.10. The van der Waals surface area contributed by atoms with Gasteiger partial charge in [-0.25, -0.2) is 10.2 Å². The van der Waals surface area contributed by atoms with Gasteiger partial charge in [0.05, 0.1) is 12.3 Å². The lowest BCUT2D eigenvalue weighted by molar-refractivity contribution is 0.249. The van der Waals surface area contributed by atoms with Crippen LogP contribution in [0.25, 0.3) is 10.8 Å². The number of nitrogens with zero attached hydrogens (tertiary/aromatic N) is 1. The Morgan fingerprint density at radius 2 is 2.20 bits per heavy atom. The van der Waals surface area contributed by atoms with Gasteiger partial charge in [-0.3, -0.25) is 0 Å². The number of urea groups is 1. The maximum Gasteiger partial charge on any atom is 0.332 e. The van der Waals surface area contributed by atoms with Crippen LogP contribution in [0, 0.1) is 0 Å². The van der Waals surface area contributed by atoms with Crippen molar-refractivity contribution >= 4 is 38.4 Å². The van der Waals surface area contributed by atoms with E-state index >= 15 is 0 Å². The third-order valence-corrected chi connectivity index (χ3v) is 3.62. The molecule has 1 aliphatic heterocycles. The first-order chi connectivity index (χ1) is 9.65. The normalized spacial score (nSPS) is 15.8. The lowest BCUT2D eigenvalue weighted by atomic mass is 9.97. The molecule has 2 aromatic carbocycles. The summed E-state index contributed by atoms with van der Waals surface area (Å²) in [5.41, 5.74) is 9.05. The number of fused-ring (bicyclic) bond motifs is 3. The number of hydrazone groups is 1. The van der Waals surface area contributed by atoms with Crippen molar-refractivity contribution in [1.82, 2.24) is 5.43 Å². The number of rotatable bonds is 1. The molecule has 0 atom stereocenters. The van der Waals surface area contributed by atoms with Crippen molar-refractivity contribution in [2.45, 2.75) is 6.42 Å². The molecule has 6 heteroatoms. The molecule has 0 bridgehead atoms. The number of halogens is 1. The van der Waals surface area contributed by atoms with Crippen LogP contribution in [0.2, 0.25) is 0 Å². The first-order valence-electron chi connectivity index (χ1n) is 6.12. The molecule has 0 aromatic heterocycles. The molecule has 0 saturated carbocycles. The third-order valence-electron chi connectivity index (χ3n) is 3.13. The van der Waals surface area contributed by atoms with Crippen LogP contribution in [-0.2, 0) is 0 Å². The second kappa shape index (κ2) is 5.13. The molecule has 1 aliphatic rings. The number of amides is 2. The Balaban J connectivity index is 2.19. The molecule has 3 N–H and O–H groups in total. The van der Waals surface area contributed by atoms with Gasteiger partial charge in [0.1, 0.15) is 5.75 Å². The van der Waals surface area contributed by atoms with Gasteiger partial charge >= 0.3 is 6.03 Å². The van der Waals surface area contributed by atoms with E-state index in [1.54, 1.807) is 0 Å². The molecule has 0 fully saturated rings. The predicted octanol–water partition coefficient (Wildman–Crippen LogP) is 2.76. The van der Waals surface area contributed by atoms with Crippen molar-refractivity contribution < 1.29 is 9.53 Å². The van der Waals surface area contributed by atoms with Gasteiger partial charge in [0.2, 0.25) is 0 Å². The minimum atomic E-state index is -0.673. The lowest BCUT2D eigenvalue weighted by Gasteiger charge is -2.20. The summed E-state index contributed by atoms with van der Waals surface area (Å²) in [7, 11) is 0. The number of nitrogens with two attached hydrogens (primary N) is 1. The van der Waals surface area contributed by atoms with E-state index in [4.69, 9.17) is 10.5 Å². The number of primary amides is 1. The van der Waals surface area contributed by atoms with Crippen LogP contribution >= 0.6 is 15.9 Å². The van der Waals surface area contributed by atoms with Crippen molar-refractivity contribution in [3.8, 4) is 5.75 Å². The van der Waals surface area contributed by atoms with Gasteiger partial charge in [-0.1, -0.05) is 28.1 Å². The van der Waals surface area contributed by atoms with E-state index in [0.717, 1.165) is 32.3 Å². The number of ether oxygens (including phenoxy) is 1. The number of benzene rings is 2. The molecule has 0 unspecified atom stereocenters. The minimum Gasteiger partial charge on any atom is -0.492 e. The topological polar surface area (TPSA) is 76.7 Å². The van der Waals surface area contributed by atoms with Crippen molar-refractivity contribution in [2.75, 3.05) is 6.61 Å². The molecular weight excluding hydrogens is 322 g/mol. The SMILES string of the molecule is NC(=O)N/N=C1\CCOc2ccc3cc(Br)ccc3c21. The highest BCUT2D eigenvalue weighted by Crippen LogP contribution is 2.33. The van der Waals surface area contributed by atoms with Crippen LogP contribution in [0.1, 0.15) is 12.0 Å². The zero-order valence-corrected chi connectivity index (χ0v) is 12.1. The fraction of sp³-hybridized carbons (Fsp3) is 0.143. The van der Waals surface area contributed by atoms with Gasteiger partial charge in [-0.2, -0.15) is 5.10 Å². The molecular formula is C14H12BrN3O2. The third kappa shape index (κ3) is 2.34. The fourth-order valence-electron chi connectivity index (χ4n) is 2.32. The van der Waals surface area contributed by atoms with Crippen LogP contribution in [-0.4, -0.2) is 18.3 Å². The van der Waals surface area contributed by atoms with E-state index < -0.39 is 6.03 Å². The van der Waals surface area contributed by atoms with E-state index in [0.29, 0.717) is 13.0 Å². The van der Waals surface area contributed by atoms with Crippen LogP contribution < -0.4 is 15.9 Å². The quantitative estimate of drug-likeness (QED) is 0.787. The molecule has 0 saturated heterocycles. The number of carbonyl (C=O) groups is 1. The van der Waals surface area contributed by atoms with E-state index in [-0.39, 0.29) is 0 Å². The summed E-state index contributed by atoms with van der Waals surface area (Å²) in [5, 5.41) is 6.21. The van der Waals surface area contributed by atoms with Gasteiger partial charge in [0.25, 0.3) is 0 Å². The van der Waals surface area contributed by atoms with Crippen LogP contribution in [0.4, 0.5) is 4.79 Å². The van der Waals surface area contributed by atoms with E-state index in [1.807, 2.05) is 30.3 Å². The Labute approximate surface area is 123 Å². The second-order valence-electron chi connectivity index (χ2n) is 4.44. The smallest absolute Gasteiger partial charge is 0.332 e. The van der Waals surface area contributed by atoms with E-state index in [9.17, 15) is 4.79 Å². The molecule has 1 heterocycles. The van der Waals surface area contributed by atoms with Gasteiger partial charge in [0.15, 0.2) is 0 Å². The summed E-state index contributed by atoms with van der Waals surface area (Å²) in [6, 6.07) is 9.26. The van der Waals surface area contributed by atoms with Crippen molar-refractivity contribution in [3.63, 3.8) is 0 Å². The summed E-state index contributed by atoms with van der Waals surface area (Å²) < 4.78 is 6.67. The number of nitrogens with one attached hydrogen (secondary N) is 1. The maximum absolute atomic E-state index is 10.8. The molecule has 0 radical (unpaired) electrons. The van der Waals surface area contributed by atoms with E-state index in [1.165, 1.54) is 0 Å². The maximum atomic E-state index is 10.8. The lowest BCUT2D eigenvalue weighted by Crippen LogP contribution is -2.27. The summed E-state index contributed by atoms with van der Waals surface area (Å²) >= 11 is 3.46. The first kappa shape index (κ1) is 12.9. The van der Waals surface area contributed by atoms with Crippen LogP contribution in [0.3, 0.4) is 0 Å². The molecule has 2 aromatic rings. The predicted molar refractivity (Wildman–Crippen MR) is 81.0 cm³/mol. The van der Waals surface area contributed by atoms with Gasteiger partial charge in [-0.15, -0.1) is 0 Å². The van der Waals surface area contributed by atoms with Gasteiger partial charge < -0.3 is 10.5 Å². The second-order valence-corrected chi connectivity index (χ2v) is 5.35. The summed E-state index contributed by atoms with van der Waals surface area (Å²) in [6.07, 6.45) is 0.627. The average Bonchev–Trinajstić information content (AvgIpc) is 2.44. The summed E-state index contributed by atoms with van der Waals surface area (Å²) in [5.74, 6) is 0.774. The molecule has 0 aliphatic carbocycles. The summed E-state index contributed by atoms with van der Waals surface area (Å²) in [6.45, 7) is 0.536. The van der Waals surface area contributed by atoms with Crippen molar-refractivity contribution in [2.24, 2.45) is 10.8 Å². The summed E-state index contributed by atoms with van der Waals surface area (Å²) in [4.78, 5) is 10.8. The van der Waals surface area contributed by atoms with Crippen molar-refractivity contribution in [1.29, 1.82) is 0 Å². The van der Waals surface area contributed by atoms with E-state index in [2.05, 4.69) is 26.5 Å². The Morgan fingerprint density at radius 3 is 3.00 bits per heavy atom. The molecule has 5 nitrogen and oxygen atoms in total. The van der Waals surface area contributed by atoms with Crippen LogP contribution in [0.5, 0.6) is 5.75 Å². The number of carbonyl (C=O) groups excluding carboxylic acids is 1. The zero-order valence-electron chi connectivity index (χ0n) is 10.5.